The fourth-order valence-corrected chi connectivity index (χ4v) is 2.54. The number of hydrogen-bond acceptors (Lipinski definition) is 9. The molecule has 0 saturated carbocycles. The molecule has 1 aliphatic heterocycles. The molecule has 0 unspecified atom stereocenters. The highest BCUT2D eigenvalue weighted by Gasteiger charge is 2.54. The van der Waals surface area contributed by atoms with E-state index in [0.29, 0.717) is 0 Å². The predicted molar refractivity (Wildman–Crippen MR) is 78.6 cm³/mol. The van der Waals surface area contributed by atoms with Crippen LogP contribution in [0, 0.1) is 0 Å². The molecule has 1 fully saturated rings. The summed E-state index contributed by atoms with van der Waals surface area (Å²) in [6.07, 6.45) is -2.80. The second-order valence-electron chi connectivity index (χ2n) is 5.60. The minimum atomic E-state index is -1.91. The molecular weight excluding hydrogens is 308 g/mol. The van der Waals surface area contributed by atoms with Gasteiger partial charge in [-0.3, -0.25) is 20.1 Å². The largest absolute Gasteiger partial charge is 0.394 e. The van der Waals surface area contributed by atoms with E-state index in [1.807, 2.05) is 0 Å². The van der Waals surface area contributed by atoms with Crippen LogP contribution in [0.1, 0.15) is 0 Å². The summed E-state index contributed by atoms with van der Waals surface area (Å²) in [5.74, 6) is -1.65. The van der Waals surface area contributed by atoms with Crippen LogP contribution in [0.2, 0.25) is 0 Å². The van der Waals surface area contributed by atoms with E-state index in [1.54, 1.807) is 19.0 Å². The van der Waals surface area contributed by atoms with E-state index in [2.05, 4.69) is 15.0 Å². The van der Waals surface area contributed by atoms with Crippen LogP contribution in [-0.2, 0) is 10.6 Å². The Balaban J connectivity index is 2.19. The molecule has 3 heterocycles. The zero-order chi connectivity index (χ0) is 16.9. The topological polar surface area (TPSA) is 163 Å². The van der Waals surface area contributed by atoms with Gasteiger partial charge in [-0.05, 0) is 0 Å². The maximum atomic E-state index is 12.1. The van der Waals surface area contributed by atoms with E-state index in [0.717, 1.165) is 0 Å². The molecule has 4 atom stereocenters. The Morgan fingerprint density at radius 1 is 1.52 bits per heavy atom. The van der Waals surface area contributed by atoms with Gasteiger partial charge in [-0.2, -0.15) is 4.98 Å². The molecule has 0 bridgehead atoms. The van der Waals surface area contributed by atoms with Gasteiger partial charge in [0.1, 0.15) is 24.6 Å². The summed E-state index contributed by atoms with van der Waals surface area (Å²) >= 11 is 0. The van der Waals surface area contributed by atoms with Gasteiger partial charge in [0.25, 0.3) is 5.56 Å². The van der Waals surface area contributed by atoms with Crippen LogP contribution in [0.15, 0.2) is 11.1 Å². The van der Waals surface area contributed by atoms with E-state index >= 15 is 0 Å². The number of hydrogen-bond donors (Lipinski definition) is 5. The number of aromatic nitrogens is 4. The third-order valence-corrected chi connectivity index (χ3v) is 3.84. The molecule has 1 saturated heterocycles. The number of H-pyrrole nitrogens is 1. The second-order valence-corrected chi connectivity index (χ2v) is 5.60. The molecule has 3 rings (SSSR count). The van der Waals surface area contributed by atoms with Crippen molar-refractivity contribution >= 4 is 17.1 Å². The zero-order valence-corrected chi connectivity index (χ0v) is 12.5. The molecule has 0 amide bonds. The van der Waals surface area contributed by atoms with Crippen molar-refractivity contribution in [2.24, 2.45) is 5.73 Å². The third-order valence-electron chi connectivity index (χ3n) is 3.84. The highest BCUT2D eigenvalue weighted by Crippen LogP contribution is 2.32. The summed E-state index contributed by atoms with van der Waals surface area (Å²) in [6.45, 7) is -0.527. The van der Waals surface area contributed by atoms with Gasteiger partial charge < -0.3 is 25.0 Å². The van der Waals surface area contributed by atoms with Gasteiger partial charge in [0, 0.05) is 14.1 Å². The highest BCUT2D eigenvalue weighted by molar-refractivity contribution is 5.71. The molecule has 0 aromatic carbocycles. The van der Waals surface area contributed by atoms with Gasteiger partial charge in [0.15, 0.2) is 11.2 Å². The number of ether oxygens (including phenoxy) is 1. The third kappa shape index (κ3) is 2.21. The molecule has 11 nitrogen and oxygen atoms in total. The van der Waals surface area contributed by atoms with Gasteiger partial charge in [0.2, 0.25) is 11.8 Å². The first-order valence-electron chi connectivity index (χ1n) is 6.88. The first-order chi connectivity index (χ1) is 10.8. The number of nitrogens with one attached hydrogen (secondary N) is 1. The number of rotatable bonds is 3. The van der Waals surface area contributed by atoms with Crippen molar-refractivity contribution in [3.8, 4) is 0 Å². The van der Waals surface area contributed by atoms with Crippen molar-refractivity contribution in [3.63, 3.8) is 0 Å². The fraction of sp³-hybridized carbons (Fsp3) is 0.583. The molecule has 2 aromatic rings. The van der Waals surface area contributed by atoms with Crippen LogP contribution in [-0.4, -0.2) is 73.9 Å². The van der Waals surface area contributed by atoms with Crippen LogP contribution in [0.5, 0.6) is 0 Å². The van der Waals surface area contributed by atoms with E-state index in [-0.39, 0.29) is 17.1 Å². The minimum absolute atomic E-state index is 0.0122. The van der Waals surface area contributed by atoms with Gasteiger partial charge >= 0.3 is 0 Å². The Morgan fingerprint density at radius 2 is 2.22 bits per heavy atom. The molecule has 6 N–H and O–H groups in total. The number of aliphatic hydroxyl groups is 3. The highest BCUT2D eigenvalue weighted by atomic mass is 16.6. The summed E-state index contributed by atoms with van der Waals surface area (Å²) in [7, 11) is 3.38. The molecular formula is C12H18N6O5. The van der Waals surface area contributed by atoms with Crippen molar-refractivity contribution in [2.45, 2.75) is 24.2 Å². The number of fused-ring (bicyclic) bond motifs is 1. The van der Waals surface area contributed by atoms with Crippen LogP contribution < -0.4 is 16.2 Å². The number of aliphatic hydroxyl groups excluding tert-OH is 3. The Hall–Kier alpha value is -2.05. The molecule has 0 radical (unpaired) electrons. The minimum Gasteiger partial charge on any atom is -0.394 e. The first-order valence-corrected chi connectivity index (χ1v) is 6.88. The summed E-state index contributed by atoms with van der Waals surface area (Å²) in [6, 6.07) is 0. The van der Waals surface area contributed by atoms with Crippen molar-refractivity contribution in [2.75, 3.05) is 25.6 Å². The molecule has 23 heavy (non-hydrogen) atoms. The normalized spacial score (nSPS) is 31.0. The molecule has 11 heteroatoms. The Morgan fingerprint density at radius 3 is 2.78 bits per heavy atom. The second kappa shape index (κ2) is 5.25. The lowest BCUT2D eigenvalue weighted by molar-refractivity contribution is -0.141. The zero-order valence-electron chi connectivity index (χ0n) is 12.5. The fourth-order valence-electron chi connectivity index (χ4n) is 2.54. The lowest BCUT2D eigenvalue weighted by Gasteiger charge is -2.29. The predicted octanol–water partition coefficient (Wildman–Crippen LogP) is -3.13. The standard InChI is InChI=1S/C12H18N6O5/c1-17(2)11-15-9-6(10(22)16-11)14-4-18(9)12(13)8(21)7(20)5(3-19)23-12/h4-5,7-8,19-21H,3,13H2,1-2H3,(H,15,16,22)/t5-,7-,8-,12+/m1/s1. The quantitative estimate of drug-likeness (QED) is 0.392. The van der Waals surface area contributed by atoms with Crippen LogP contribution >= 0.6 is 0 Å². The van der Waals surface area contributed by atoms with Crippen molar-refractivity contribution < 1.29 is 20.1 Å². The summed E-state index contributed by atoms with van der Waals surface area (Å²) in [4.78, 5) is 24.4. The van der Waals surface area contributed by atoms with Crippen molar-refractivity contribution in [1.29, 1.82) is 0 Å². The van der Waals surface area contributed by atoms with E-state index in [9.17, 15) is 20.1 Å². The number of anilines is 1. The summed E-state index contributed by atoms with van der Waals surface area (Å²) in [5, 5.41) is 29.3. The number of nitrogens with zero attached hydrogens (tertiary/aromatic N) is 4. The molecule has 0 spiro atoms. The van der Waals surface area contributed by atoms with E-state index in [1.165, 1.54) is 10.9 Å². The smallest absolute Gasteiger partial charge is 0.280 e. The van der Waals surface area contributed by atoms with Gasteiger partial charge in [-0.1, -0.05) is 0 Å². The number of nitrogens with two attached hydrogens (primary N) is 1. The van der Waals surface area contributed by atoms with E-state index < -0.39 is 36.3 Å². The number of aromatic amines is 1. The lowest BCUT2D eigenvalue weighted by Crippen LogP contribution is -2.52. The van der Waals surface area contributed by atoms with Crippen molar-refractivity contribution in [3.05, 3.63) is 16.7 Å². The van der Waals surface area contributed by atoms with Crippen molar-refractivity contribution in [1.82, 2.24) is 19.5 Å². The maximum absolute atomic E-state index is 12.1. The van der Waals surface area contributed by atoms with Gasteiger partial charge in [0.05, 0.1) is 6.61 Å². The molecule has 2 aromatic heterocycles. The first kappa shape index (κ1) is 15.8. The SMILES string of the molecule is CN(C)c1nc2c(ncn2[C@]2(N)O[C@H](CO)[C@@H](O)[C@H]2O)c(=O)[nH]1. The van der Waals surface area contributed by atoms with Crippen LogP contribution in [0.25, 0.3) is 11.2 Å². The van der Waals surface area contributed by atoms with Crippen LogP contribution in [0.3, 0.4) is 0 Å². The monoisotopic (exact) mass is 326 g/mol. The molecule has 0 aliphatic carbocycles. The average molecular weight is 326 g/mol. The molecule has 1 aliphatic rings. The maximum Gasteiger partial charge on any atom is 0.280 e. The van der Waals surface area contributed by atoms with Crippen LogP contribution in [0.4, 0.5) is 5.95 Å². The lowest BCUT2D eigenvalue weighted by atomic mass is 10.1. The summed E-state index contributed by atoms with van der Waals surface area (Å²) in [5.41, 5.74) is 5.70. The Bertz CT molecular complexity index is 788. The van der Waals surface area contributed by atoms with E-state index in [4.69, 9.17) is 10.5 Å². The van der Waals surface area contributed by atoms with Gasteiger partial charge in [-0.15, -0.1) is 0 Å². The Kier molecular flexibility index (Phi) is 3.61. The summed E-state index contributed by atoms with van der Waals surface area (Å²) < 4.78 is 6.57. The molecule has 126 valence electrons. The Labute approximate surface area is 129 Å². The van der Waals surface area contributed by atoms with Gasteiger partial charge in [-0.25, -0.2) is 4.98 Å². The number of imidazole rings is 1. The average Bonchev–Trinajstić information content (AvgIpc) is 3.03.